The molecule has 0 aromatic heterocycles. The molecule has 11 heavy (non-hydrogen) atoms. The molecule has 3 heteroatoms. The highest BCUT2D eigenvalue weighted by molar-refractivity contribution is 5.83. The van der Waals surface area contributed by atoms with E-state index in [0.29, 0.717) is 6.04 Å². The van der Waals surface area contributed by atoms with Crippen LogP contribution in [0.25, 0.3) is 0 Å². The summed E-state index contributed by atoms with van der Waals surface area (Å²) in [6.07, 6.45) is 2.30. The Morgan fingerprint density at radius 3 is 3.09 bits per heavy atom. The average Bonchev–Trinajstić information content (AvgIpc) is 2.40. The number of hydrogen-bond acceptors (Lipinski definition) is 3. The van der Waals surface area contributed by atoms with Crippen molar-refractivity contribution >= 4 is 5.84 Å². The van der Waals surface area contributed by atoms with E-state index in [1.54, 1.807) is 7.11 Å². The molecule has 1 aliphatic heterocycles. The van der Waals surface area contributed by atoms with Crippen molar-refractivity contribution in [2.75, 3.05) is 20.3 Å². The minimum atomic E-state index is 0.386. The van der Waals surface area contributed by atoms with Crippen molar-refractivity contribution in [3.63, 3.8) is 0 Å². The number of nitrogens with one attached hydrogen (secondary N) is 1. The van der Waals surface area contributed by atoms with Crippen molar-refractivity contribution in [1.82, 2.24) is 5.32 Å². The summed E-state index contributed by atoms with van der Waals surface area (Å²) < 4.78 is 5.00. The molecule has 1 rings (SSSR count). The fraction of sp³-hybridized carbons (Fsp3) is 0.875. The van der Waals surface area contributed by atoms with Crippen LogP contribution in [-0.4, -0.2) is 32.1 Å². The van der Waals surface area contributed by atoms with Crippen molar-refractivity contribution in [1.29, 1.82) is 0 Å². The second kappa shape index (κ2) is 4.34. The first-order chi connectivity index (χ1) is 5.33. The van der Waals surface area contributed by atoms with Gasteiger partial charge in [0, 0.05) is 26.1 Å². The van der Waals surface area contributed by atoms with E-state index >= 15 is 0 Å². The SMILES string of the molecule is COCC(C)NC1=NCCC1. The van der Waals surface area contributed by atoms with E-state index in [-0.39, 0.29) is 0 Å². The van der Waals surface area contributed by atoms with E-state index in [1.807, 2.05) is 0 Å². The number of ether oxygens (including phenoxy) is 1. The summed E-state index contributed by atoms with van der Waals surface area (Å²) in [5, 5.41) is 3.30. The molecule has 0 fully saturated rings. The molecule has 3 nitrogen and oxygen atoms in total. The first-order valence-corrected chi connectivity index (χ1v) is 4.11. The molecule has 0 amide bonds. The summed E-state index contributed by atoms with van der Waals surface area (Å²) in [7, 11) is 1.72. The molecule has 0 saturated carbocycles. The third-order valence-electron chi connectivity index (χ3n) is 1.70. The molecule has 1 unspecified atom stereocenters. The summed E-state index contributed by atoms with van der Waals surface area (Å²) >= 11 is 0. The molecule has 1 aliphatic rings. The van der Waals surface area contributed by atoms with Gasteiger partial charge >= 0.3 is 0 Å². The van der Waals surface area contributed by atoms with E-state index in [4.69, 9.17) is 4.74 Å². The highest BCUT2D eigenvalue weighted by Gasteiger charge is 2.08. The maximum Gasteiger partial charge on any atom is 0.0966 e. The number of aliphatic imine (C=N–C) groups is 1. The summed E-state index contributed by atoms with van der Waals surface area (Å²) in [6.45, 7) is 3.84. The van der Waals surface area contributed by atoms with Gasteiger partial charge in [-0.3, -0.25) is 4.99 Å². The molecule has 0 bridgehead atoms. The van der Waals surface area contributed by atoms with Crippen LogP contribution in [0.4, 0.5) is 0 Å². The molecule has 0 radical (unpaired) electrons. The molecule has 0 aromatic carbocycles. The Hall–Kier alpha value is -0.570. The van der Waals surface area contributed by atoms with Gasteiger partial charge in [-0.25, -0.2) is 0 Å². The molecule has 0 saturated heterocycles. The van der Waals surface area contributed by atoms with Crippen molar-refractivity contribution in [2.24, 2.45) is 4.99 Å². The first-order valence-electron chi connectivity index (χ1n) is 4.11. The lowest BCUT2D eigenvalue weighted by molar-refractivity contribution is 0.179. The van der Waals surface area contributed by atoms with Crippen LogP contribution in [0.2, 0.25) is 0 Å². The van der Waals surface area contributed by atoms with Crippen LogP contribution in [0.3, 0.4) is 0 Å². The normalized spacial score (nSPS) is 19.6. The van der Waals surface area contributed by atoms with Crippen LogP contribution < -0.4 is 5.32 Å². The summed E-state index contributed by atoms with van der Waals surface area (Å²) in [5.41, 5.74) is 0. The largest absolute Gasteiger partial charge is 0.383 e. The van der Waals surface area contributed by atoms with Crippen molar-refractivity contribution in [3.05, 3.63) is 0 Å². The van der Waals surface area contributed by atoms with Gasteiger partial charge < -0.3 is 10.1 Å². The van der Waals surface area contributed by atoms with Gasteiger partial charge in [0.1, 0.15) is 0 Å². The molecule has 1 heterocycles. The number of nitrogens with zero attached hydrogens (tertiary/aromatic N) is 1. The lowest BCUT2D eigenvalue weighted by Gasteiger charge is -2.13. The van der Waals surface area contributed by atoms with E-state index in [0.717, 1.165) is 25.4 Å². The van der Waals surface area contributed by atoms with E-state index in [2.05, 4.69) is 17.2 Å². The van der Waals surface area contributed by atoms with Crippen LogP contribution in [-0.2, 0) is 4.74 Å². The van der Waals surface area contributed by atoms with Crippen LogP contribution in [0, 0.1) is 0 Å². The van der Waals surface area contributed by atoms with E-state index in [9.17, 15) is 0 Å². The van der Waals surface area contributed by atoms with Crippen molar-refractivity contribution in [2.45, 2.75) is 25.8 Å². The summed E-state index contributed by atoms with van der Waals surface area (Å²) in [5.74, 6) is 1.15. The van der Waals surface area contributed by atoms with Crippen molar-refractivity contribution < 1.29 is 4.74 Å². The standard InChI is InChI=1S/C8H16N2O/c1-7(6-11-2)10-8-4-3-5-9-8/h7H,3-6H2,1-2H3,(H,9,10). The number of hydrogen-bond donors (Lipinski definition) is 1. The topological polar surface area (TPSA) is 33.6 Å². The zero-order valence-electron chi connectivity index (χ0n) is 7.26. The highest BCUT2D eigenvalue weighted by Crippen LogP contribution is 2.01. The minimum Gasteiger partial charge on any atom is -0.383 e. The zero-order chi connectivity index (χ0) is 8.10. The third-order valence-corrected chi connectivity index (χ3v) is 1.70. The molecule has 64 valence electrons. The predicted octanol–water partition coefficient (Wildman–Crippen LogP) is 0.803. The molecule has 0 spiro atoms. The highest BCUT2D eigenvalue weighted by atomic mass is 16.5. The van der Waals surface area contributed by atoms with Gasteiger partial charge in [0.15, 0.2) is 0 Å². The van der Waals surface area contributed by atoms with Crippen LogP contribution in [0.15, 0.2) is 4.99 Å². The Morgan fingerprint density at radius 2 is 2.55 bits per heavy atom. The number of methoxy groups -OCH3 is 1. The molecular weight excluding hydrogens is 140 g/mol. The summed E-state index contributed by atoms with van der Waals surface area (Å²) in [4.78, 5) is 4.31. The van der Waals surface area contributed by atoms with Gasteiger partial charge in [0.25, 0.3) is 0 Å². The van der Waals surface area contributed by atoms with Gasteiger partial charge in [-0.15, -0.1) is 0 Å². The minimum absolute atomic E-state index is 0.386. The molecule has 0 aliphatic carbocycles. The van der Waals surface area contributed by atoms with Gasteiger partial charge in [-0.1, -0.05) is 0 Å². The maximum absolute atomic E-state index is 5.00. The lowest BCUT2D eigenvalue weighted by atomic mass is 10.3. The van der Waals surface area contributed by atoms with E-state index in [1.165, 1.54) is 6.42 Å². The van der Waals surface area contributed by atoms with Crippen LogP contribution in [0.1, 0.15) is 19.8 Å². The van der Waals surface area contributed by atoms with Crippen molar-refractivity contribution in [3.8, 4) is 0 Å². The van der Waals surface area contributed by atoms with E-state index < -0.39 is 0 Å². The molecule has 1 atom stereocenters. The van der Waals surface area contributed by atoms with Crippen LogP contribution in [0.5, 0.6) is 0 Å². The van der Waals surface area contributed by atoms with Gasteiger partial charge in [0.05, 0.1) is 12.4 Å². The Kier molecular flexibility index (Phi) is 3.36. The molecule has 1 N–H and O–H groups in total. The van der Waals surface area contributed by atoms with Gasteiger partial charge in [0.2, 0.25) is 0 Å². The predicted molar refractivity (Wildman–Crippen MR) is 46.0 cm³/mol. The maximum atomic E-state index is 5.00. The smallest absolute Gasteiger partial charge is 0.0966 e. The quantitative estimate of drug-likeness (QED) is 0.656. The van der Waals surface area contributed by atoms with Gasteiger partial charge in [-0.2, -0.15) is 0 Å². The fourth-order valence-corrected chi connectivity index (χ4v) is 1.23. The number of rotatable bonds is 3. The van der Waals surface area contributed by atoms with Gasteiger partial charge in [-0.05, 0) is 13.3 Å². The number of amidine groups is 1. The molecule has 0 aromatic rings. The Balaban J connectivity index is 2.18. The Bertz CT molecular complexity index is 145. The summed E-state index contributed by atoms with van der Waals surface area (Å²) in [6, 6.07) is 0.386. The zero-order valence-corrected chi connectivity index (χ0v) is 7.26. The average molecular weight is 156 g/mol. The lowest BCUT2D eigenvalue weighted by Crippen LogP contribution is -2.34. The Morgan fingerprint density at radius 1 is 1.73 bits per heavy atom. The monoisotopic (exact) mass is 156 g/mol. The molecular formula is C8H16N2O. The second-order valence-corrected chi connectivity index (χ2v) is 2.93. The fourth-order valence-electron chi connectivity index (χ4n) is 1.23. The second-order valence-electron chi connectivity index (χ2n) is 2.93. The Labute approximate surface area is 67.8 Å². The van der Waals surface area contributed by atoms with Crippen LogP contribution >= 0.6 is 0 Å². The first kappa shape index (κ1) is 8.53. The third kappa shape index (κ3) is 2.89.